The molecule has 1 heterocycles. The van der Waals surface area contributed by atoms with Gasteiger partial charge in [-0.1, -0.05) is 29.8 Å². The number of hydrogen-bond acceptors (Lipinski definition) is 2. The van der Waals surface area contributed by atoms with Crippen molar-refractivity contribution in [2.24, 2.45) is 7.05 Å². The third-order valence-corrected chi connectivity index (χ3v) is 4.60. The van der Waals surface area contributed by atoms with Crippen LogP contribution in [0.4, 0.5) is 0 Å². The highest BCUT2D eigenvalue weighted by Crippen LogP contribution is 2.20. The smallest absolute Gasteiger partial charge is 0.0628 e. The fraction of sp³-hybridized carbons (Fsp3) is 0.471. The molecule has 0 fully saturated rings. The second-order valence-corrected chi connectivity index (χ2v) is 6.00. The van der Waals surface area contributed by atoms with E-state index in [9.17, 15) is 0 Å². The summed E-state index contributed by atoms with van der Waals surface area (Å²) in [6, 6.07) is 8.50. The lowest BCUT2D eigenvalue weighted by Crippen LogP contribution is -2.28. The summed E-state index contributed by atoms with van der Waals surface area (Å²) < 4.78 is 1.97. The zero-order valence-corrected chi connectivity index (χ0v) is 14.0. The van der Waals surface area contributed by atoms with Crippen molar-refractivity contribution < 1.29 is 0 Å². The van der Waals surface area contributed by atoms with Crippen molar-refractivity contribution in [2.45, 2.75) is 39.2 Å². The number of nitrogens with one attached hydrogen (secondary N) is 1. The first kappa shape index (κ1) is 16.1. The number of likely N-dealkylation sites (N-methyl/N-ethyl adjacent to an activating group) is 1. The summed E-state index contributed by atoms with van der Waals surface area (Å²) in [6.45, 7) is 4.22. The van der Waals surface area contributed by atoms with Gasteiger partial charge in [0.1, 0.15) is 0 Å². The minimum atomic E-state index is 0.420. The highest BCUT2D eigenvalue weighted by atomic mass is 35.5. The lowest BCUT2D eigenvalue weighted by molar-refractivity contribution is 0.519. The highest BCUT2D eigenvalue weighted by molar-refractivity contribution is 6.31. The molecule has 3 nitrogen and oxygen atoms in total. The highest BCUT2D eigenvalue weighted by Gasteiger charge is 2.14. The van der Waals surface area contributed by atoms with Gasteiger partial charge < -0.3 is 5.32 Å². The van der Waals surface area contributed by atoms with E-state index >= 15 is 0 Å². The first-order valence-corrected chi connectivity index (χ1v) is 7.80. The van der Waals surface area contributed by atoms with Gasteiger partial charge in [-0.3, -0.25) is 4.68 Å². The maximum atomic E-state index is 6.26. The van der Waals surface area contributed by atoms with Gasteiger partial charge in [-0.15, -0.1) is 0 Å². The van der Waals surface area contributed by atoms with Gasteiger partial charge in [-0.05, 0) is 57.4 Å². The second-order valence-electron chi connectivity index (χ2n) is 5.59. The summed E-state index contributed by atoms with van der Waals surface area (Å²) in [5.41, 5.74) is 4.98. The minimum absolute atomic E-state index is 0.420. The van der Waals surface area contributed by atoms with Gasteiger partial charge in [0, 0.05) is 23.8 Å². The molecule has 0 spiro atoms. The number of aryl methyl sites for hydroxylation is 2. The van der Waals surface area contributed by atoms with Gasteiger partial charge in [0.05, 0.1) is 5.69 Å². The summed E-state index contributed by atoms with van der Waals surface area (Å²) in [5, 5.41) is 8.75. The van der Waals surface area contributed by atoms with Crippen LogP contribution < -0.4 is 5.32 Å². The molecule has 1 N–H and O–H groups in total. The van der Waals surface area contributed by atoms with E-state index in [1.807, 2.05) is 37.0 Å². The van der Waals surface area contributed by atoms with Gasteiger partial charge in [-0.2, -0.15) is 5.10 Å². The molecule has 0 aliphatic carbocycles. The van der Waals surface area contributed by atoms with Crippen molar-refractivity contribution in [3.05, 3.63) is 51.8 Å². The molecule has 0 bridgehead atoms. The van der Waals surface area contributed by atoms with Gasteiger partial charge >= 0.3 is 0 Å². The monoisotopic (exact) mass is 305 g/mol. The molecule has 2 rings (SSSR count). The van der Waals surface area contributed by atoms with Crippen LogP contribution in [0.15, 0.2) is 24.3 Å². The van der Waals surface area contributed by atoms with E-state index in [0.29, 0.717) is 6.04 Å². The van der Waals surface area contributed by atoms with Gasteiger partial charge in [0.15, 0.2) is 0 Å². The Bertz CT molecular complexity index is 604. The van der Waals surface area contributed by atoms with Crippen molar-refractivity contribution in [1.29, 1.82) is 0 Å². The number of halogens is 1. The molecule has 4 heteroatoms. The van der Waals surface area contributed by atoms with Crippen molar-refractivity contribution in [3.63, 3.8) is 0 Å². The Morgan fingerprint density at radius 3 is 2.57 bits per heavy atom. The Morgan fingerprint density at radius 1 is 1.29 bits per heavy atom. The Labute approximate surface area is 132 Å². The fourth-order valence-electron chi connectivity index (χ4n) is 2.78. The van der Waals surface area contributed by atoms with Crippen LogP contribution in [0.3, 0.4) is 0 Å². The van der Waals surface area contributed by atoms with Crippen LogP contribution in [0.25, 0.3) is 0 Å². The number of nitrogens with zero attached hydrogens (tertiary/aromatic N) is 2. The van der Waals surface area contributed by atoms with Crippen molar-refractivity contribution in [1.82, 2.24) is 15.1 Å². The zero-order valence-electron chi connectivity index (χ0n) is 13.3. The number of benzene rings is 1. The predicted octanol–water partition coefficient (Wildman–Crippen LogP) is 3.45. The first-order chi connectivity index (χ1) is 10.0. The van der Waals surface area contributed by atoms with Crippen LogP contribution in [-0.4, -0.2) is 22.9 Å². The quantitative estimate of drug-likeness (QED) is 0.886. The van der Waals surface area contributed by atoms with Gasteiger partial charge in [0.25, 0.3) is 0 Å². The lowest BCUT2D eigenvalue weighted by atomic mass is 9.98. The molecular formula is C17H24ClN3. The van der Waals surface area contributed by atoms with Crippen molar-refractivity contribution >= 4 is 11.6 Å². The van der Waals surface area contributed by atoms with E-state index in [0.717, 1.165) is 30.0 Å². The standard InChI is InChI=1S/C17H24ClN3/c1-12-16(13(2)21(4)20-12)10-9-15(19-3)11-14-7-5-6-8-17(14)18/h5-8,15,19H,9-11H2,1-4H3. The van der Waals surface area contributed by atoms with Crippen LogP contribution in [0.5, 0.6) is 0 Å². The second kappa shape index (κ2) is 7.10. The third kappa shape index (κ3) is 3.86. The summed E-state index contributed by atoms with van der Waals surface area (Å²) in [5.74, 6) is 0. The largest absolute Gasteiger partial charge is 0.317 e. The molecule has 0 radical (unpaired) electrons. The molecule has 0 saturated carbocycles. The zero-order chi connectivity index (χ0) is 15.4. The molecule has 0 amide bonds. The van der Waals surface area contributed by atoms with E-state index in [4.69, 9.17) is 11.6 Å². The molecule has 0 aliphatic heterocycles. The number of aromatic nitrogens is 2. The number of hydrogen-bond donors (Lipinski definition) is 1. The molecule has 1 unspecified atom stereocenters. The molecule has 2 aromatic rings. The molecule has 0 saturated heterocycles. The Kier molecular flexibility index (Phi) is 5.43. The maximum absolute atomic E-state index is 6.26. The Balaban J connectivity index is 2.01. The minimum Gasteiger partial charge on any atom is -0.317 e. The summed E-state index contributed by atoms with van der Waals surface area (Å²) in [7, 11) is 4.02. The lowest BCUT2D eigenvalue weighted by Gasteiger charge is -2.17. The first-order valence-electron chi connectivity index (χ1n) is 7.42. The topological polar surface area (TPSA) is 29.9 Å². The number of rotatable bonds is 6. The Morgan fingerprint density at radius 2 is 2.00 bits per heavy atom. The summed E-state index contributed by atoms with van der Waals surface area (Å²) >= 11 is 6.26. The van der Waals surface area contributed by atoms with E-state index in [1.54, 1.807) is 0 Å². The fourth-order valence-corrected chi connectivity index (χ4v) is 2.99. The Hall–Kier alpha value is -1.32. The molecule has 1 aromatic heterocycles. The van der Waals surface area contributed by atoms with E-state index in [-0.39, 0.29) is 0 Å². The van der Waals surface area contributed by atoms with Crippen LogP contribution in [-0.2, 0) is 19.9 Å². The molecule has 0 aliphatic rings. The molecule has 114 valence electrons. The molecule has 1 aromatic carbocycles. The predicted molar refractivity (Wildman–Crippen MR) is 89.0 cm³/mol. The van der Waals surface area contributed by atoms with Gasteiger partial charge in [0.2, 0.25) is 0 Å². The van der Waals surface area contributed by atoms with E-state index < -0.39 is 0 Å². The van der Waals surface area contributed by atoms with Crippen molar-refractivity contribution in [3.8, 4) is 0 Å². The van der Waals surface area contributed by atoms with Crippen LogP contribution in [0.1, 0.15) is 28.9 Å². The van der Waals surface area contributed by atoms with Crippen molar-refractivity contribution in [2.75, 3.05) is 7.05 Å². The molecular weight excluding hydrogens is 282 g/mol. The SMILES string of the molecule is CNC(CCc1c(C)nn(C)c1C)Cc1ccccc1Cl. The normalized spacial score (nSPS) is 12.6. The third-order valence-electron chi connectivity index (χ3n) is 4.23. The van der Waals surface area contributed by atoms with Crippen LogP contribution >= 0.6 is 11.6 Å². The average Bonchev–Trinajstić information content (AvgIpc) is 2.71. The molecule has 21 heavy (non-hydrogen) atoms. The van der Waals surface area contributed by atoms with E-state index in [2.05, 4.69) is 30.3 Å². The summed E-state index contributed by atoms with van der Waals surface area (Å²) in [4.78, 5) is 0. The maximum Gasteiger partial charge on any atom is 0.0628 e. The van der Waals surface area contributed by atoms with Gasteiger partial charge in [-0.25, -0.2) is 0 Å². The molecule has 1 atom stereocenters. The van der Waals surface area contributed by atoms with Crippen LogP contribution in [0.2, 0.25) is 5.02 Å². The average molecular weight is 306 g/mol. The van der Waals surface area contributed by atoms with E-state index in [1.165, 1.54) is 16.8 Å². The van der Waals surface area contributed by atoms with Crippen LogP contribution in [0, 0.1) is 13.8 Å². The summed E-state index contributed by atoms with van der Waals surface area (Å²) in [6.07, 6.45) is 3.07.